The lowest BCUT2D eigenvalue weighted by Gasteiger charge is -2.59. The zero-order chi connectivity index (χ0) is 20.4. The van der Waals surface area contributed by atoms with Gasteiger partial charge in [-0.1, -0.05) is 12.1 Å². The van der Waals surface area contributed by atoms with Crippen LogP contribution in [0.2, 0.25) is 0 Å². The van der Waals surface area contributed by atoms with E-state index in [2.05, 4.69) is 12.2 Å². The van der Waals surface area contributed by atoms with Crippen LogP contribution in [-0.4, -0.2) is 31.6 Å². The summed E-state index contributed by atoms with van der Waals surface area (Å²) in [6.45, 7) is 1.90. The molecule has 0 aliphatic heterocycles. The maximum Gasteiger partial charge on any atom is 0.331 e. The standard InChI is InChI=1S/C24H31NO4/c1-16(24-12-18-9-19(13-24)11-20(10-18)14-24)25-22(26)15-29-23(27)8-5-17-3-6-21(28-2)7-4-17/h3-8,16,18-20H,9-15H2,1-2H3,(H,25,26)/b8-5+/t16-,18?,19?,20?,24?/m1/s1. The first-order chi connectivity index (χ1) is 14.0. The lowest BCUT2D eigenvalue weighted by atomic mass is 9.48. The number of nitrogens with one attached hydrogen (secondary N) is 1. The average molecular weight is 398 g/mol. The van der Waals surface area contributed by atoms with Crippen molar-refractivity contribution >= 4 is 18.0 Å². The first-order valence-corrected chi connectivity index (χ1v) is 10.7. The van der Waals surface area contributed by atoms with Crippen LogP contribution in [0.5, 0.6) is 5.75 Å². The van der Waals surface area contributed by atoms with E-state index in [9.17, 15) is 9.59 Å². The second kappa shape index (κ2) is 8.21. The summed E-state index contributed by atoms with van der Waals surface area (Å²) in [6.07, 6.45) is 10.9. The fraction of sp³-hybridized carbons (Fsp3) is 0.583. The Kier molecular flexibility index (Phi) is 5.66. The Labute approximate surface area is 172 Å². The second-order valence-electron chi connectivity index (χ2n) is 9.28. The first-order valence-electron chi connectivity index (χ1n) is 10.7. The van der Waals surface area contributed by atoms with Crippen LogP contribution < -0.4 is 10.1 Å². The van der Waals surface area contributed by atoms with E-state index < -0.39 is 5.97 Å². The molecule has 4 bridgehead atoms. The highest BCUT2D eigenvalue weighted by molar-refractivity contribution is 5.89. The maximum absolute atomic E-state index is 12.4. The molecule has 4 saturated carbocycles. The summed E-state index contributed by atoms with van der Waals surface area (Å²) < 4.78 is 10.2. The molecule has 1 aromatic carbocycles. The summed E-state index contributed by atoms with van der Waals surface area (Å²) in [5.41, 5.74) is 1.12. The Morgan fingerprint density at radius 2 is 1.69 bits per heavy atom. The van der Waals surface area contributed by atoms with Crippen LogP contribution in [0.25, 0.3) is 6.08 Å². The van der Waals surface area contributed by atoms with Crippen molar-refractivity contribution in [3.63, 3.8) is 0 Å². The summed E-state index contributed by atoms with van der Waals surface area (Å²) >= 11 is 0. The number of ether oxygens (including phenoxy) is 2. The molecule has 5 heteroatoms. The molecule has 0 unspecified atom stereocenters. The normalized spacial score (nSPS) is 30.9. The molecule has 0 heterocycles. The molecular formula is C24H31NO4. The Balaban J connectivity index is 1.24. The van der Waals surface area contributed by atoms with E-state index in [1.807, 2.05) is 24.3 Å². The largest absolute Gasteiger partial charge is 0.497 e. The highest BCUT2D eigenvalue weighted by Crippen LogP contribution is 2.61. The summed E-state index contributed by atoms with van der Waals surface area (Å²) in [5, 5.41) is 3.12. The van der Waals surface area contributed by atoms with Gasteiger partial charge in [0.1, 0.15) is 5.75 Å². The summed E-state index contributed by atoms with van der Waals surface area (Å²) in [6, 6.07) is 7.48. The summed E-state index contributed by atoms with van der Waals surface area (Å²) in [5.74, 6) is 2.58. The van der Waals surface area contributed by atoms with Gasteiger partial charge in [-0.05, 0) is 92.4 Å². The predicted molar refractivity (Wildman–Crippen MR) is 111 cm³/mol. The number of carbonyl (C=O) groups excluding carboxylic acids is 2. The van der Waals surface area contributed by atoms with E-state index in [0.29, 0.717) is 0 Å². The van der Waals surface area contributed by atoms with Gasteiger partial charge >= 0.3 is 5.97 Å². The summed E-state index contributed by atoms with van der Waals surface area (Å²) in [7, 11) is 1.61. The van der Waals surface area contributed by atoms with Crippen molar-refractivity contribution in [2.24, 2.45) is 23.2 Å². The maximum atomic E-state index is 12.4. The van der Waals surface area contributed by atoms with Crippen molar-refractivity contribution in [3.05, 3.63) is 35.9 Å². The smallest absolute Gasteiger partial charge is 0.331 e. The predicted octanol–water partition coefficient (Wildman–Crippen LogP) is 3.97. The molecule has 5 nitrogen and oxygen atoms in total. The van der Waals surface area contributed by atoms with Crippen molar-refractivity contribution in [2.75, 3.05) is 13.7 Å². The third kappa shape index (κ3) is 4.49. The van der Waals surface area contributed by atoms with Crippen molar-refractivity contribution in [1.82, 2.24) is 5.32 Å². The Bertz CT molecular complexity index is 747. The van der Waals surface area contributed by atoms with Crippen LogP contribution in [0.1, 0.15) is 51.0 Å². The minimum absolute atomic E-state index is 0.136. The second-order valence-corrected chi connectivity index (χ2v) is 9.28. The third-order valence-corrected chi connectivity index (χ3v) is 7.25. The van der Waals surface area contributed by atoms with E-state index in [1.54, 1.807) is 13.2 Å². The van der Waals surface area contributed by atoms with Crippen LogP contribution >= 0.6 is 0 Å². The average Bonchev–Trinajstić information content (AvgIpc) is 2.70. The molecule has 0 spiro atoms. The van der Waals surface area contributed by atoms with E-state index >= 15 is 0 Å². The molecule has 5 rings (SSSR count). The molecule has 1 amide bonds. The van der Waals surface area contributed by atoms with Crippen LogP contribution in [0.15, 0.2) is 30.3 Å². The minimum atomic E-state index is -0.515. The van der Waals surface area contributed by atoms with Gasteiger partial charge in [0.15, 0.2) is 6.61 Å². The van der Waals surface area contributed by atoms with E-state index in [0.717, 1.165) is 29.1 Å². The zero-order valence-corrected chi connectivity index (χ0v) is 17.4. The molecule has 1 N–H and O–H groups in total. The number of methoxy groups -OCH3 is 1. The molecule has 4 aliphatic carbocycles. The molecule has 29 heavy (non-hydrogen) atoms. The van der Waals surface area contributed by atoms with E-state index in [-0.39, 0.29) is 24.0 Å². The van der Waals surface area contributed by atoms with Gasteiger partial charge in [0.2, 0.25) is 0 Å². The van der Waals surface area contributed by atoms with Crippen LogP contribution in [0, 0.1) is 23.2 Å². The molecule has 0 aromatic heterocycles. The highest BCUT2D eigenvalue weighted by atomic mass is 16.5. The number of esters is 1. The van der Waals surface area contributed by atoms with Crippen molar-refractivity contribution in [2.45, 2.75) is 51.5 Å². The fourth-order valence-electron chi connectivity index (χ4n) is 6.21. The minimum Gasteiger partial charge on any atom is -0.497 e. The van der Waals surface area contributed by atoms with Gasteiger partial charge < -0.3 is 14.8 Å². The monoisotopic (exact) mass is 397 g/mol. The van der Waals surface area contributed by atoms with Crippen molar-refractivity contribution in [3.8, 4) is 5.75 Å². The van der Waals surface area contributed by atoms with Crippen LogP contribution in [-0.2, 0) is 14.3 Å². The Morgan fingerprint density at radius 1 is 1.10 bits per heavy atom. The van der Waals surface area contributed by atoms with Crippen LogP contribution in [0.3, 0.4) is 0 Å². The van der Waals surface area contributed by atoms with Crippen LogP contribution in [0.4, 0.5) is 0 Å². The van der Waals surface area contributed by atoms with Gasteiger partial charge in [-0.3, -0.25) is 4.79 Å². The van der Waals surface area contributed by atoms with Gasteiger partial charge in [-0.15, -0.1) is 0 Å². The molecule has 156 valence electrons. The van der Waals surface area contributed by atoms with E-state index in [4.69, 9.17) is 9.47 Å². The Hall–Kier alpha value is -2.30. The molecule has 4 fully saturated rings. The molecule has 0 radical (unpaired) electrons. The SMILES string of the molecule is COc1ccc(/C=C/C(=O)OCC(=O)N[C@H](C)C23CC4CC(CC(C4)C2)C3)cc1. The van der Waals surface area contributed by atoms with Gasteiger partial charge in [0.25, 0.3) is 5.91 Å². The third-order valence-electron chi connectivity index (χ3n) is 7.25. The van der Waals surface area contributed by atoms with Crippen molar-refractivity contribution in [1.29, 1.82) is 0 Å². The molecule has 1 atom stereocenters. The van der Waals surface area contributed by atoms with Gasteiger partial charge in [0.05, 0.1) is 7.11 Å². The summed E-state index contributed by atoms with van der Waals surface area (Å²) in [4.78, 5) is 24.3. The zero-order valence-electron chi connectivity index (χ0n) is 17.4. The number of rotatable bonds is 7. The van der Waals surface area contributed by atoms with Gasteiger partial charge in [-0.25, -0.2) is 4.79 Å². The highest BCUT2D eigenvalue weighted by Gasteiger charge is 2.53. The molecule has 1 aromatic rings. The number of carbonyl (C=O) groups is 2. The number of hydrogen-bond acceptors (Lipinski definition) is 4. The van der Waals surface area contributed by atoms with Gasteiger partial charge in [0, 0.05) is 12.1 Å². The fourth-order valence-corrected chi connectivity index (χ4v) is 6.21. The number of amides is 1. The topological polar surface area (TPSA) is 64.6 Å². The number of hydrogen-bond donors (Lipinski definition) is 1. The van der Waals surface area contributed by atoms with Gasteiger partial charge in [-0.2, -0.15) is 0 Å². The lowest BCUT2D eigenvalue weighted by molar-refractivity contribution is -0.145. The Morgan fingerprint density at radius 3 is 2.24 bits per heavy atom. The van der Waals surface area contributed by atoms with E-state index in [1.165, 1.54) is 44.6 Å². The number of benzene rings is 1. The molecule has 0 saturated heterocycles. The lowest BCUT2D eigenvalue weighted by Crippen LogP contribution is -2.56. The quantitative estimate of drug-likeness (QED) is 0.558. The molecular weight excluding hydrogens is 366 g/mol. The first kappa shape index (κ1) is 20.0. The van der Waals surface area contributed by atoms with Crippen molar-refractivity contribution < 1.29 is 19.1 Å². The molecule has 4 aliphatic rings.